The van der Waals surface area contributed by atoms with Gasteiger partial charge in [-0.05, 0) is 31.5 Å². The molecule has 1 atom stereocenters. The summed E-state index contributed by atoms with van der Waals surface area (Å²) < 4.78 is 39.0. The van der Waals surface area contributed by atoms with Crippen molar-refractivity contribution in [2.75, 3.05) is 6.54 Å². The molecule has 1 N–H and O–H groups in total. The summed E-state index contributed by atoms with van der Waals surface area (Å²) in [5, 5.41) is 3.27. The Morgan fingerprint density at radius 3 is 2.76 bits per heavy atom. The van der Waals surface area contributed by atoms with Crippen LogP contribution >= 0.6 is 0 Å². The summed E-state index contributed by atoms with van der Waals surface area (Å²) in [4.78, 5) is 16.4. The summed E-state index contributed by atoms with van der Waals surface area (Å²) in [5.74, 6) is 0. The molecule has 21 heavy (non-hydrogen) atoms. The van der Waals surface area contributed by atoms with Crippen molar-refractivity contribution in [3.63, 3.8) is 0 Å². The minimum Gasteiger partial charge on any atom is -0.309 e. The van der Waals surface area contributed by atoms with Gasteiger partial charge >= 0.3 is 6.18 Å². The standard InChI is InChI=1S/C14H14F3N3O/c15-14(16,17)9-4-5-12-19-11(7-13(21)20(12)8-9)10-3-1-2-6-18-10/h4-5,7-8,10,18H,1-3,6H2. The zero-order chi connectivity index (χ0) is 15.0. The zero-order valence-corrected chi connectivity index (χ0v) is 11.2. The number of aromatic nitrogens is 2. The van der Waals surface area contributed by atoms with E-state index in [0.717, 1.165) is 42.5 Å². The van der Waals surface area contributed by atoms with Crippen LogP contribution in [-0.4, -0.2) is 15.9 Å². The highest BCUT2D eigenvalue weighted by Gasteiger charge is 2.31. The van der Waals surface area contributed by atoms with E-state index in [1.54, 1.807) is 0 Å². The average Bonchev–Trinajstić information content (AvgIpc) is 2.47. The topological polar surface area (TPSA) is 46.4 Å². The number of alkyl halides is 3. The first-order valence-corrected chi connectivity index (χ1v) is 6.79. The second kappa shape index (κ2) is 5.14. The van der Waals surface area contributed by atoms with E-state index in [0.29, 0.717) is 5.69 Å². The molecule has 0 bridgehead atoms. The van der Waals surface area contributed by atoms with Crippen molar-refractivity contribution < 1.29 is 13.2 Å². The van der Waals surface area contributed by atoms with Crippen LogP contribution in [0.25, 0.3) is 5.65 Å². The van der Waals surface area contributed by atoms with Gasteiger partial charge in [0.05, 0.1) is 11.3 Å². The second-order valence-corrected chi connectivity index (χ2v) is 5.17. The van der Waals surface area contributed by atoms with Crippen LogP contribution < -0.4 is 10.9 Å². The molecule has 0 saturated carbocycles. The van der Waals surface area contributed by atoms with Crippen molar-refractivity contribution in [3.8, 4) is 0 Å². The maximum absolute atomic E-state index is 12.7. The SMILES string of the molecule is O=c1cc(C2CCCCN2)nc2ccc(C(F)(F)F)cn12. The second-order valence-electron chi connectivity index (χ2n) is 5.17. The van der Waals surface area contributed by atoms with Crippen LogP contribution in [0.15, 0.2) is 29.2 Å². The molecule has 112 valence electrons. The number of nitrogens with one attached hydrogen (secondary N) is 1. The first-order valence-electron chi connectivity index (χ1n) is 6.79. The minimum atomic E-state index is -4.47. The number of piperidine rings is 1. The maximum Gasteiger partial charge on any atom is 0.417 e. The van der Waals surface area contributed by atoms with E-state index < -0.39 is 17.3 Å². The van der Waals surface area contributed by atoms with Crippen LogP contribution in [0.5, 0.6) is 0 Å². The Labute approximate surface area is 118 Å². The van der Waals surface area contributed by atoms with E-state index in [-0.39, 0.29) is 11.7 Å². The van der Waals surface area contributed by atoms with Gasteiger partial charge in [-0.2, -0.15) is 13.2 Å². The van der Waals surface area contributed by atoms with Crippen LogP contribution in [0.4, 0.5) is 13.2 Å². The maximum atomic E-state index is 12.7. The summed E-state index contributed by atoms with van der Waals surface area (Å²) in [7, 11) is 0. The van der Waals surface area contributed by atoms with Crippen molar-refractivity contribution in [2.45, 2.75) is 31.5 Å². The van der Waals surface area contributed by atoms with Crippen molar-refractivity contribution in [1.82, 2.24) is 14.7 Å². The highest BCUT2D eigenvalue weighted by molar-refractivity contribution is 5.41. The molecule has 0 aliphatic carbocycles. The van der Waals surface area contributed by atoms with Gasteiger partial charge in [0.25, 0.3) is 5.56 Å². The van der Waals surface area contributed by atoms with Gasteiger partial charge in [-0.15, -0.1) is 0 Å². The molecule has 0 spiro atoms. The first kappa shape index (κ1) is 14.1. The number of halogens is 3. The van der Waals surface area contributed by atoms with Crippen LogP contribution in [0.1, 0.15) is 36.6 Å². The Morgan fingerprint density at radius 1 is 1.29 bits per heavy atom. The lowest BCUT2D eigenvalue weighted by atomic mass is 10.0. The number of hydrogen-bond acceptors (Lipinski definition) is 3. The number of fused-ring (bicyclic) bond motifs is 1. The van der Waals surface area contributed by atoms with E-state index in [4.69, 9.17) is 0 Å². The van der Waals surface area contributed by atoms with E-state index >= 15 is 0 Å². The molecule has 1 saturated heterocycles. The third-order valence-corrected chi connectivity index (χ3v) is 3.67. The van der Waals surface area contributed by atoms with E-state index in [9.17, 15) is 18.0 Å². The summed E-state index contributed by atoms with van der Waals surface area (Å²) in [5.41, 5.74) is -0.520. The Balaban J connectivity index is 2.07. The van der Waals surface area contributed by atoms with Crippen molar-refractivity contribution in [1.29, 1.82) is 0 Å². The molecule has 2 aromatic rings. The molecular weight excluding hydrogens is 283 g/mol. The predicted octanol–water partition coefficient (Wildman–Crippen LogP) is 2.53. The lowest BCUT2D eigenvalue weighted by molar-refractivity contribution is -0.137. The molecule has 1 aliphatic heterocycles. The van der Waals surface area contributed by atoms with Crippen LogP contribution in [-0.2, 0) is 6.18 Å². The molecule has 1 fully saturated rings. The number of hydrogen-bond donors (Lipinski definition) is 1. The Kier molecular flexibility index (Phi) is 3.44. The highest BCUT2D eigenvalue weighted by atomic mass is 19.4. The third kappa shape index (κ3) is 2.78. The summed E-state index contributed by atoms with van der Waals surface area (Å²) in [6, 6.07) is 3.49. The molecule has 4 nitrogen and oxygen atoms in total. The van der Waals surface area contributed by atoms with Crippen molar-refractivity contribution >= 4 is 5.65 Å². The summed E-state index contributed by atoms with van der Waals surface area (Å²) in [6.45, 7) is 0.860. The van der Waals surface area contributed by atoms with Gasteiger partial charge in [-0.25, -0.2) is 4.98 Å². The Hall–Kier alpha value is -1.89. The molecule has 0 aromatic carbocycles. The number of rotatable bonds is 1. The van der Waals surface area contributed by atoms with E-state index in [2.05, 4.69) is 10.3 Å². The quantitative estimate of drug-likeness (QED) is 0.880. The molecular formula is C14H14F3N3O. The molecule has 1 unspecified atom stereocenters. The first-order chi connectivity index (χ1) is 9.95. The van der Waals surface area contributed by atoms with Crippen molar-refractivity contribution in [3.05, 3.63) is 46.0 Å². The van der Waals surface area contributed by atoms with Gasteiger partial charge in [0, 0.05) is 18.3 Å². The lowest BCUT2D eigenvalue weighted by Gasteiger charge is -2.23. The van der Waals surface area contributed by atoms with Gasteiger partial charge in [0.15, 0.2) is 0 Å². The summed E-state index contributed by atoms with van der Waals surface area (Å²) in [6.07, 6.45) is -0.674. The molecule has 1 aliphatic rings. The fourth-order valence-corrected chi connectivity index (χ4v) is 2.57. The number of nitrogens with zero attached hydrogens (tertiary/aromatic N) is 2. The van der Waals surface area contributed by atoms with Gasteiger partial charge in [0.2, 0.25) is 0 Å². The van der Waals surface area contributed by atoms with E-state index in [1.165, 1.54) is 12.1 Å². The van der Waals surface area contributed by atoms with Gasteiger partial charge in [-0.1, -0.05) is 6.42 Å². The average molecular weight is 297 g/mol. The van der Waals surface area contributed by atoms with E-state index in [1.807, 2.05) is 0 Å². The highest BCUT2D eigenvalue weighted by Crippen LogP contribution is 2.29. The third-order valence-electron chi connectivity index (χ3n) is 3.67. The largest absolute Gasteiger partial charge is 0.417 e. The monoisotopic (exact) mass is 297 g/mol. The minimum absolute atomic E-state index is 0.00116. The van der Waals surface area contributed by atoms with Gasteiger partial charge in [-0.3, -0.25) is 9.20 Å². The molecule has 3 rings (SSSR count). The summed E-state index contributed by atoms with van der Waals surface area (Å²) >= 11 is 0. The molecule has 0 radical (unpaired) electrons. The van der Waals surface area contributed by atoms with Gasteiger partial charge < -0.3 is 5.32 Å². The van der Waals surface area contributed by atoms with Crippen LogP contribution in [0, 0.1) is 0 Å². The molecule has 2 aromatic heterocycles. The Bertz CT molecular complexity index is 717. The smallest absolute Gasteiger partial charge is 0.309 e. The predicted molar refractivity (Wildman–Crippen MR) is 71.1 cm³/mol. The fourth-order valence-electron chi connectivity index (χ4n) is 2.57. The molecule has 0 amide bonds. The van der Waals surface area contributed by atoms with Crippen LogP contribution in [0.2, 0.25) is 0 Å². The zero-order valence-electron chi connectivity index (χ0n) is 11.2. The molecule has 7 heteroatoms. The fraction of sp³-hybridized carbons (Fsp3) is 0.429. The Morgan fingerprint density at radius 2 is 2.10 bits per heavy atom. The van der Waals surface area contributed by atoms with Gasteiger partial charge in [0.1, 0.15) is 5.65 Å². The van der Waals surface area contributed by atoms with Crippen LogP contribution in [0.3, 0.4) is 0 Å². The van der Waals surface area contributed by atoms with Crippen molar-refractivity contribution in [2.24, 2.45) is 0 Å². The normalized spacial score (nSPS) is 19.9. The molecule has 3 heterocycles. The lowest BCUT2D eigenvalue weighted by Crippen LogP contribution is -2.29. The number of pyridine rings is 1.